The van der Waals surface area contributed by atoms with Crippen molar-refractivity contribution in [1.29, 1.82) is 0 Å². The number of hydrogen-bond donors (Lipinski definition) is 2. The van der Waals surface area contributed by atoms with Crippen molar-refractivity contribution in [1.82, 2.24) is 4.98 Å². The van der Waals surface area contributed by atoms with Gasteiger partial charge < -0.3 is 5.73 Å². The van der Waals surface area contributed by atoms with Crippen LogP contribution in [0, 0.1) is 0 Å². The minimum Gasteiger partial charge on any atom is -0.382 e. The van der Waals surface area contributed by atoms with Crippen LogP contribution in [0.4, 0.5) is 5.82 Å². The zero-order chi connectivity index (χ0) is 10.3. The Bertz CT molecular complexity index is 525. The van der Waals surface area contributed by atoms with Crippen molar-refractivity contribution >= 4 is 37.8 Å². The first-order valence-corrected chi connectivity index (χ1v) is 5.75. The van der Waals surface area contributed by atoms with Gasteiger partial charge in [0.15, 0.2) is 5.82 Å². The first kappa shape index (κ1) is 9.41. The zero-order valence-corrected chi connectivity index (χ0v) is 9.13. The standard InChI is InChI=1S/C6H5BrN4O2S/c7-3-1-4-5(8)10-14(12,13)11-6(4)9-2-3/h1-2H,(H2,8,10)(H,9,11). The van der Waals surface area contributed by atoms with E-state index in [1.165, 1.54) is 6.20 Å². The van der Waals surface area contributed by atoms with E-state index in [0.717, 1.165) is 0 Å². The third kappa shape index (κ3) is 1.58. The van der Waals surface area contributed by atoms with Crippen LogP contribution in [0.2, 0.25) is 0 Å². The molecule has 0 saturated heterocycles. The van der Waals surface area contributed by atoms with Crippen LogP contribution in [-0.4, -0.2) is 19.2 Å². The first-order valence-electron chi connectivity index (χ1n) is 3.52. The lowest BCUT2D eigenvalue weighted by molar-refractivity contribution is 0.602. The average molecular weight is 277 g/mol. The van der Waals surface area contributed by atoms with E-state index < -0.39 is 10.2 Å². The Kier molecular flexibility index (Phi) is 1.96. The average Bonchev–Trinajstić information content (AvgIpc) is 2.05. The van der Waals surface area contributed by atoms with Gasteiger partial charge in [-0.25, -0.2) is 9.71 Å². The number of rotatable bonds is 0. The molecule has 1 aromatic rings. The second-order valence-electron chi connectivity index (χ2n) is 2.60. The van der Waals surface area contributed by atoms with Crippen LogP contribution in [0.25, 0.3) is 0 Å². The predicted molar refractivity (Wildman–Crippen MR) is 55.2 cm³/mol. The predicted octanol–water partition coefficient (Wildman–Crippen LogP) is 0.220. The Hall–Kier alpha value is -1.15. The molecular weight excluding hydrogens is 272 g/mol. The van der Waals surface area contributed by atoms with Crippen molar-refractivity contribution in [2.75, 3.05) is 4.72 Å². The minimum atomic E-state index is -3.72. The van der Waals surface area contributed by atoms with Crippen LogP contribution in [0.5, 0.6) is 0 Å². The van der Waals surface area contributed by atoms with Crippen LogP contribution < -0.4 is 10.5 Å². The summed E-state index contributed by atoms with van der Waals surface area (Å²) < 4.78 is 28.3. The normalized spacial score (nSPS) is 17.9. The molecule has 1 aliphatic rings. The molecule has 2 heterocycles. The fraction of sp³-hybridized carbons (Fsp3) is 0. The lowest BCUT2D eigenvalue weighted by atomic mass is 10.2. The molecule has 0 fully saturated rings. The fourth-order valence-corrected chi connectivity index (χ4v) is 2.18. The van der Waals surface area contributed by atoms with Gasteiger partial charge >= 0.3 is 10.2 Å². The molecule has 14 heavy (non-hydrogen) atoms. The van der Waals surface area contributed by atoms with E-state index in [0.29, 0.717) is 10.0 Å². The Labute approximate surface area is 88.6 Å². The van der Waals surface area contributed by atoms with E-state index >= 15 is 0 Å². The minimum absolute atomic E-state index is 0.0625. The molecule has 8 heteroatoms. The molecule has 0 aliphatic carbocycles. The number of pyridine rings is 1. The van der Waals surface area contributed by atoms with Crippen molar-refractivity contribution in [2.24, 2.45) is 10.1 Å². The van der Waals surface area contributed by atoms with E-state index in [4.69, 9.17) is 5.73 Å². The van der Waals surface area contributed by atoms with Gasteiger partial charge in [0.25, 0.3) is 0 Å². The Morgan fingerprint density at radius 3 is 2.93 bits per heavy atom. The molecule has 1 aliphatic heterocycles. The summed E-state index contributed by atoms with van der Waals surface area (Å²) in [6.45, 7) is 0. The highest BCUT2D eigenvalue weighted by Crippen LogP contribution is 2.22. The largest absolute Gasteiger partial charge is 0.382 e. The highest BCUT2D eigenvalue weighted by Gasteiger charge is 2.21. The molecule has 0 amide bonds. The number of hydrogen-bond acceptors (Lipinski definition) is 4. The molecular formula is C6H5BrN4O2S. The monoisotopic (exact) mass is 276 g/mol. The van der Waals surface area contributed by atoms with Gasteiger partial charge in [0.05, 0.1) is 5.56 Å². The van der Waals surface area contributed by atoms with E-state index in [2.05, 4.69) is 30.0 Å². The molecule has 74 valence electrons. The van der Waals surface area contributed by atoms with Gasteiger partial charge in [-0.2, -0.15) is 8.42 Å². The molecule has 2 rings (SSSR count). The molecule has 0 bridgehead atoms. The maximum atomic E-state index is 11.1. The van der Waals surface area contributed by atoms with Crippen molar-refractivity contribution < 1.29 is 8.42 Å². The molecule has 0 spiro atoms. The number of fused-ring (bicyclic) bond motifs is 1. The number of aromatic nitrogens is 1. The SMILES string of the molecule is NC1=NS(=O)(=O)Nc2ncc(Br)cc21. The van der Waals surface area contributed by atoms with Gasteiger partial charge in [0.1, 0.15) is 5.84 Å². The van der Waals surface area contributed by atoms with Gasteiger partial charge in [0.2, 0.25) is 0 Å². The summed E-state index contributed by atoms with van der Waals surface area (Å²) in [5, 5.41) is 0. The number of anilines is 1. The molecule has 0 atom stereocenters. The summed E-state index contributed by atoms with van der Waals surface area (Å²) in [6, 6.07) is 1.64. The summed E-state index contributed by atoms with van der Waals surface area (Å²) in [4.78, 5) is 3.87. The van der Waals surface area contributed by atoms with Crippen LogP contribution >= 0.6 is 15.9 Å². The lowest BCUT2D eigenvalue weighted by Crippen LogP contribution is -2.26. The topological polar surface area (TPSA) is 97.4 Å². The van der Waals surface area contributed by atoms with Crippen LogP contribution in [0.1, 0.15) is 5.56 Å². The molecule has 0 radical (unpaired) electrons. The van der Waals surface area contributed by atoms with Crippen molar-refractivity contribution in [3.8, 4) is 0 Å². The van der Waals surface area contributed by atoms with Gasteiger partial charge in [0, 0.05) is 10.7 Å². The second kappa shape index (κ2) is 2.92. The molecule has 0 saturated carbocycles. The van der Waals surface area contributed by atoms with E-state index in [9.17, 15) is 8.42 Å². The van der Waals surface area contributed by atoms with Gasteiger partial charge in [-0.15, -0.1) is 4.40 Å². The van der Waals surface area contributed by atoms with Gasteiger partial charge in [-0.05, 0) is 22.0 Å². The summed E-state index contributed by atoms with van der Waals surface area (Å²) in [5.41, 5.74) is 5.93. The van der Waals surface area contributed by atoms with E-state index in [-0.39, 0.29) is 11.7 Å². The molecule has 1 aromatic heterocycles. The fourth-order valence-electron chi connectivity index (χ4n) is 1.04. The molecule has 0 unspecified atom stereocenters. The third-order valence-electron chi connectivity index (χ3n) is 1.57. The molecule has 0 aromatic carbocycles. The number of halogens is 1. The van der Waals surface area contributed by atoms with E-state index in [1.54, 1.807) is 6.07 Å². The van der Waals surface area contributed by atoms with Crippen LogP contribution in [0.3, 0.4) is 0 Å². The summed E-state index contributed by atoms with van der Waals surface area (Å²) in [5.74, 6) is 0.133. The first-order chi connectivity index (χ1) is 6.48. The van der Waals surface area contributed by atoms with Crippen LogP contribution in [0.15, 0.2) is 21.1 Å². The Balaban J connectivity index is 2.68. The molecule has 6 nitrogen and oxygen atoms in total. The second-order valence-corrected chi connectivity index (χ2v) is 4.86. The highest BCUT2D eigenvalue weighted by molar-refractivity contribution is 9.10. The number of amidine groups is 1. The Morgan fingerprint density at radius 2 is 2.21 bits per heavy atom. The quantitative estimate of drug-likeness (QED) is 0.708. The number of nitrogens with zero attached hydrogens (tertiary/aromatic N) is 2. The zero-order valence-electron chi connectivity index (χ0n) is 6.73. The van der Waals surface area contributed by atoms with E-state index in [1.807, 2.05) is 0 Å². The maximum absolute atomic E-state index is 11.1. The smallest absolute Gasteiger partial charge is 0.345 e. The molecule has 3 N–H and O–H groups in total. The van der Waals surface area contributed by atoms with Crippen LogP contribution in [-0.2, 0) is 10.2 Å². The summed E-state index contributed by atoms with van der Waals surface area (Å²) in [7, 11) is -3.72. The summed E-state index contributed by atoms with van der Waals surface area (Å²) in [6.07, 6.45) is 1.47. The van der Waals surface area contributed by atoms with Crippen molar-refractivity contribution in [2.45, 2.75) is 0 Å². The van der Waals surface area contributed by atoms with Crippen molar-refractivity contribution in [3.05, 3.63) is 22.3 Å². The highest BCUT2D eigenvalue weighted by atomic mass is 79.9. The van der Waals surface area contributed by atoms with Gasteiger partial charge in [-0.1, -0.05) is 0 Å². The Morgan fingerprint density at radius 1 is 1.50 bits per heavy atom. The summed E-state index contributed by atoms with van der Waals surface area (Å²) >= 11 is 3.20. The third-order valence-corrected chi connectivity index (χ3v) is 2.90. The number of nitrogens with one attached hydrogen (secondary N) is 1. The number of nitrogens with two attached hydrogens (primary N) is 1. The maximum Gasteiger partial charge on any atom is 0.345 e. The van der Waals surface area contributed by atoms with Crippen molar-refractivity contribution in [3.63, 3.8) is 0 Å². The van der Waals surface area contributed by atoms with Gasteiger partial charge in [-0.3, -0.25) is 0 Å². The lowest BCUT2D eigenvalue weighted by Gasteiger charge is -2.14.